The van der Waals surface area contributed by atoms with E-state index in [9.17, 15) is 13.2 Å². The average molecular weight is 315 g/mol. The molecule has 0 fully saturated rings. The summed E-state index contributed by atoms with van der Waals surface area (Å²) in [4.78, 5) is 3.53. The maximum absolute atomic E-state index is 12.7. The summed E-state index contributed by atoms with van der Waals surface area (Å²) in [5.74, 6) is 0.732. The van der Waals surface area contributed by atoms with E-state index in [1.807, 2.05) is 0 Å². The Hall–Kier alpha value is -2.09. The largest absolute Gasteiger partial charge is 0.469 e. The molecule has 0 bridgehead atoms. The van der Waals surface area contributed by atoms with Crippen molar-refractivity contribution in [2.75, 3.05) is 11.9 Å². The molecular weight excluding hydrogens is 303 g/mol. The molecule has 0 atom stereocenters. The van der Waals surface area contributed by atoms with E-state index in [1.54, 1.807) is 12.1 Å². The number of pyridine rings is 1. The number of thiocarbonyl (C=S) groups is 1. The number of aromatic nitrogens is 1. The van der Waals surface area contributed by atoms with Gasteiger partial charge in [-0.05, 0) is 24.3 Å². The highest BCUT2D eigenvalue weighted by Gasteiger charge is 2.33. The summed E-state index contributed by atoms with van der Waals surface area (Å²) in [6, 6.07) is 5.58. The molecule has 4 nitrogen and oxygen atoms in total. The van der Waals surface area contributed by atoms with Crippen LogP contribution in [0.3, 0.4) is 0 Å². The fourth-order valence-electron chi connectivity index (χ4n) is 1.71. The lowest BCUT2D eigenvalue weighted by atomic mass is 10.2. The van der Waals surface area contributed by atoms with E-state index >= 15 is 0 Å². The SMILES string of the molecule is NC(=S)c1ccc(C(F)(F)F)nc1NCCc1ccco1. The Morgan fingerprint density at radius 2 is 2.10 bits per heavy atom. The Morgan fingerprint density at radius 1 is 1.33 bits per heavy atom. The molecule has 2 aromatic heterocycles. The van der Waals surface area contributed by atoms with Gasteiger partial charge in [-0.15, -0.1) is 0 Å². The van der Waals surface area contributed by atoms with Crippen LogP contribution in [0.5, 0.6) is 0 Å². The maximum Gasteiger partial charge on any atom is 0.433 e. The molecule has 0 aliphatic rings. The number of rotatable bonds is 5. The minimum absolute atomic E-state index is 0.0169. The van der Waals surface area contributed by atoms with Crippen LogP contribution in [0.2, 0.25) is 0 Å². The Bertz CT molecular complexity index is 626. The van der Waals surface area contributed by atoms with Gasteiger partial charge in [0.15, 0.2) is 0 Å². The van der Waals surface area contributed by atoms with Crippen molar-refractivity contribution in [3.8, 4) is 0 Å². The van der Waals surface area contributed by atoms with Crippen LogP contribution in [0.25, 0.3) is 0 Å². The molecule has 2 rings (SSSR count). The summed E-state index contributed by atoms with van der Waals surface area (Å²) in [6.45, 7) is 0.345. The van der Waals surface area contributed by atoms with Crippen LogP contribution in [0, 0.1) is 0 Å². The molecule has 0 aromatic carbocycles. The van der Waals surface area contributed by atoms with Crippen molar-refractivity contribution >= 4 is 23.0 Å². The zero-order chi connectivity index (χ0) is 15.5. The highest BCUT2D eigenvalue weighted by molar-refractivity contribution is 7.80. The number of hydrogen-bond acceptors (Lipinski definition) is 4. The number of nitrogens with two attached hydrogens (primary N) is 1. The first kappa shape index (κ1) is 15.3. The summed E-state index contributed by atoms with van der Waals surface area (Å²) in [7, 11) is 0. The maximum atomic E-state index is 12.7. The van der Waals surface area contributed by atoms with Crippen molar-refractivity contribution < 1.29 is 17.6 Å². The van der Waals surface area contributed by atoms with E-state index < -0.39 is 11.9 Å². The van der Waals surface area contributed by atoms with Gasteiger partial charge in [0.1, 0.15) is 22.3 Å². The lowest BCUT2D eigenvalue weighted by molar-refractivity contribution is -0.141. The van der Waals surface area contributed by atoms with Crippen LogP contribution in [0.4, 0.5) is 19.0 Å². The molecule has 8 heteroatoms. The average Bonchev–Trinajstić information content (AvgIpc) is 2.90. The Labute approximate surface area is 124 Å². The van der Waals surface area contributed by atoms with Crippen molar-refractivity contribution in [2.45, 2.75) is 12.6 Å². The number of alkyl halides is 3. The summed E-state index contributed by atoms with van der Waals surface area (Å²) in [6.07, 6.45) is -2.49. The van der Waals surface area contributed by atoms with Gasteiger partial charge in [0.05, 0.1) is 11.8 Å². The van der Waals surface area contributed by atoms with Crippen LogP contribution in [0.15, 0.2) is 34.9 Å². The van der Waals surface area contributed by atoms with Crippen LogP contribution < -0.4 is 11.1 Å². The van der Waals surface area contributed by atoms with Gasteiger partial charge in [-0.2, -0.15) is 13.2 Å². The van der Waals surface area contributed by atoms with Gasteiger partial charge < -0.3 is 15.5 Å². The second kappa shape index (κ2) is 6.13. The smallest absolute Gasteiger partial charge is 0.433 e. The molecule has 0 saturated heterocycles. The van der Waals surface area contributed by atoms with Gasteiger partial charge in [0, 0.05) is 13.0 Å². The fraction of sp³-hybridized carbons (Fsp3) is 0.231. The molecule has 0 aliphatic heterocycles. The van der Waals surface area contributed by atoms with Gasteiger partial charge in [0.2, 0.25) is 0 Å². The molecule has 112 valence electrons. The molecule has 2 aromatic rings. The monoisotopic (exact) mass is 315 g/mol. The quantitative estimate of drug-likeness (QED) is 0.831. The van der Waals surface area contributed by atoms with Gasteiger partial charge in [-0.25, -0.2) is 4.98 Å². The van der Waals surface area contributed by atoms with E-state index in [0.717, 1.165) is 6.07 Å². The molecule has 0 aliphatic carbocycles. The second-order valence-electron chi connectivity index (χ2n) is 4.21. The van der Waals surface area contributed by atoms with Gasteiger partial charge >= 0.3 is 6.18 Å². The van der Waals surface area contributed by atoms with Gasteiger partial charge in [-0.3, -0.25) is 0 Å². The molecular formula is C13H12F3N3OS. The number of anilines is 1. The zero-order valence-corrected chi connectivity index (χ0v) is 11.6. The summed E-state index contributed by atoms with van der Waals surface area (Å²) >= 11 is 4.81. The first-order valence-corrected chi connectivity index (χ1v) is 6.43. The fourth-order valence-corrected chi connectivity index (χ4v) is 1.87. The minimum Gasteiger partial charge on any atom is -0.469 e. The van der Waals surface area contributed by atoms with Crippen LogP contribution in [0.1, 0.15) is 17.0 Å². The van der Waals surface area contributed by atoms with Gasteiger partial charge in [-0.1, -0.05) is 12.2 Å². The number of halogens is 3. The first-order chi connectivity index (χ1) is 9.88. The predicted molar refractivity (Wildman–Crippen MR) is 76.0 cm³/mol. The van der Waals surface area contributed by atoms with Crippen molar-refractivity contribution in [2.24, 2.45) is 5.73 Å². The van der Waals surface area contributed by atoms with E-state index in [1.165, 1.54) is 12.3 Å². The topological polar surface area (TPSA) is 64.1 Å². The number of furan rings is 1. The van der Waals surface area contributed by atoms with E-state index in [2.05, 4.69) is 10.3 Å². The lowest BCUT2D eigenvalue weighted by Gasteiger charge is -2.13. The summed E-state index contributed by atoms with van der Waals surface area (Å²) < 4.78 is 43.2. The molecule has 0 spiro atoms. The summed E-state index contributed by atoms with van der Waals surface area (Å²) in [5, 5.41) is 2.81. The highest BCUT2D eigenvalue weighted by Crippen LogP contribution is 2.29. The van der Waals surface area contributed by atoms with E-state index in [0.29, 0.717) is 18.7 Å². The molecule has 0 radical (unpaired) electrons. The van der Waals surface area contributed by atoms with E-state index in [4.69, 9.17) is 22.4 Å². The molecule has 2 heterocycles. The molecule has 3 N–H and O–H groups in total. The second-order valence-corrected chi connectivity index (χ2v) is 4.65. The van der Waals surface area contributed by atoms with Gasteiger partial charge in [0.25, 0.3) is 0 Å². The van der Waals surface area contributed by atoms with Crippen LogP contribution in [-0.4, -0.2) is 16.5 Å². The van der Waals surface area contributed by atoms with Crippen molar-refractivity contribution in [3.05, 3.63) is 47.5 Å². The van der Waals surface area contributed by atoms with Crippen molar-refractivity contribution in [3.63, 3.8) is 0 Å². The highest BCUT2D eigenvalue weighted by atomic mass is 32.1. The molecule has 0 unspecified atom stereocenters. The number of hydrogen-bond donors (Lipinski definition) is 2. The summed E-state index contributed by atoms with van der Waals surface area (Å²) in [5.41, 5.74) is 4.77. The van der Waals surface area contributed by atoms with Crippen molar-refractivity contribution in [1.82, 2.24) is 4.98 Å². The predicted octanol–water partition coefficient (Wildman–Crippen LogP) is 2.98. The minimum atomic E-state index is -4.52. The third kappa shape index (κ3) is 3.94. The van der Waals surface area contributed by atoms with Crippen molar-refractivity contribution in [1.29, 1.82) is 0 Å². The Kier molecular flexibility index (Phi) is 4.46. The van der Waals surface area contributed by atoms with Crippen LogP contribution >= 0.6 is 12.2 Å². The number of nitrogens with one attached hydrogen (secondary N) is 1. The lowest BCUT2D eigenvalue weighted by Crippen LogP contribution is -2.18. The normalized spacial score (nSPS) is 11.4. The van der Waals surface area contributed by atoms with Crippen LogP contribution in [-0.2, 0) is 12.6 Å². The third-order valence-corrected chi connectivity index (χ3v) is 2.91. The Balaban J connectivity index is 2.16. The molecule has 0 saturated carbocycles. The molecule has 21 heavy (non-hydrogen) atoms. The Morgan fingerprint density at radius 3 is 2.67 bits per heavy atom. The third-order valence-electron chi connectivity index (χ3n) is 2.70. The first-order valence-electron chi connectivity index (χ1n) is 6.02. The molecule has 0 amide bonds. The zero-order valence-electron chi connectivity index (χ0n) is 10.8. The number of nitrogens with zero attached hydrogens (tertiary/aromatic N) is 1. The van der Waals surface area contributed by atoms with E-state index in [-0.39, 0.29) is 16.4 Å². The standard InChI is InChI=1S/C13H12F3N3OS/c14-13(15,16)10-4-3-9(11(17)21)12(19-10)18-6-5-8-2-1-7-20-8/h1-4,7H,5-6H2,(H2,17,21)(H,18,19).